The number of hydrogen-bond donors (Lipinski definition) is 0. The maximum Gasteiger partial charge on any atom is 0.125 e. The van der Waals surface area contributed by atoms with Crippen LogP contribution >= 0.6 is 0 Å². The lowest BCUT2D eigenvalue weighted by Gasteiger charge is -2.09. The maximum absolute atomic E-state index is 5.18. The van der Waals surface area contributed by atoms with Crippen LogP contribution < -0.4 is 0 Å². The van der Waals surface area contributed by atoms with Crippen LogP contribution in [0.3, 0.4) is 0 Å². The third kappa shape index (κ3) is 1.84. The number of oxime groups is 1. The summed E-state index contributed by atoms with van der Waals surface area (Å²) in [5.41, 5.74) is 2.78. The quantitative estimate of drug-likeness (QED) is 0.759. The molecule has 0 N–H and O–H groups in total. The Morgan fingerprint density at radius 2 is 2.06 bits per heavy atom. The van der Waals surface area contributed by atoms with Gasteiger partial charge in [-0.2, -0.15) is 0 Å². The van der Waals surface area contributed by atoms with Crippen molar-refractivity contribution in [2.75, 3.05) is 6.61 Å². The molecule has 0 aromatic heterocycles. The monoisotopic (exact) mass is 215 g/mol. The molecule has 1 aromatic carbocycles. The minimum absolute atomic E-state index is 0.640. The summed E-state index contributed by atoms with van der Waals surface area (Å²) >= 11 is 0. The fourth-order valence-corrected chi connectivity index (χ4v) is 2.83. The van der Waals surface area contributed by atoms with E-state index in [2.05, 4.69) is 35.5 Å². The van der Waals surface area contributed by atoms with E-state index in [4.69, 9.17) is 4.84 Å². The summed E-state index contributed by atoms with van der Waals surface area (Å²) in [6, 6.07) is 10.7. The molecule has 1 aliphatic heterocycles. The summed E-state index contributed by atoms with van der Waals surface area (Å²) in [6.45, 7) is 0.831. The average Bonchev–Trinajstić information content (AvgIpc) is 2.90. The molecule has 1 aromatic rings. The number of aryl methyl sites for hydroxylation is 1. The summed E-state index contributed by atoms with van der Waals surface area (Å²) in [6.07, 6.45) is 4.97. The van der Waals surface area contributed by atoms with Crippen LogP contribution in [-0.4, -0.2) is 12.3 Å². The normalized spacial score (nSPS) is 27.4. The lowest BCUT2D eigenvalue weighted by atomic mass is 9.95. The fourth-order valence-electron chi connectivity index (χ4n) is 2.83. The molecule has 2 atom stereocenters. The van der Waals surface area contributed by atoms with Crippen LogP contribution in [0, 0.1) is 11.8 Å². The second kappa shape index (κ2) is 4.28. The van der Waals surface area contributed by atoms with Crippen molar-refractivity contribution in [1.29, 1.82) is 0 Å². The van der Waals surface area contributed by atoms with E-state index in [1.54, 1.807) is 0 Å². The average molecular weight is 215 g/mol. The predicted molar refractivity (Wildman–Crippen MR) is 64.4 cm³/mol. The number of fused-ring (bicyclic) bond motifs is 1. The molecule has 0 spiro atoms. The third-order valence-electron chi connectivity index (χ3n) is 3.77. The van der Waals surface area contributed by atoms with Gasteiger partial charge in [-0.1, -0.05) is 35.5 Å². The largest absolute Gasteiger partial charge is 0.395 e. The molecule has 1 heterocycles. The first-order valence-corrected chi connectivity index (χ1v) is 6.17. The molecule has 0 radical (unpaired) electrons. The Labute approximate surface area is 96.3 Å². The lowest BCUT2D eigenvalue weighted by molar-refractivity contribution is 0.151. The molecule has 1 fully saturated rings. The van der Waals surface area contributed by atoms with E-state index in [-0.39, 0.29) is 0 Å². The first-order chi connectivity index (χ1) is 7.93. The second-order valence-electron chi connectivity index (χ2n) is 4.81. The minimum atomic E-state index is 0.640. The highest BCUT2D eigenvalue weighted by atomic mass is 16.6. The van der Waals surface area contributed by atoms with E-state index >= 15 is 0 Å². The molecule has 0 unspecified atom stereocenters. The lowest BCUT2D eigenvalue weighted by Crippen LogP contribution is -2.12. The van der Waals surface area contributed by atoms with Gasteiger partial charge < -0.3 is 4.84 Å². The van der Waals surface area contributed by atoms with E-state index in [0.29, 0.717) is 11.8 Å². The van der Waals surface area contributed by atoms with E-state index in [0.717, 1.165) is 13.0 Å². The zero-order valence-corrected chi connectivity index (χ0v) is 9.43. The molecule has 16 heavy (non-hydrogen) atoms. The Morgan fingerprint density at radius 3 is 2.94 bits per heavy atom. The highest BCUT2D eigenvalue weighted by Gasteiger charge is 2.35. The Hall–Kier alpha value is -1.31. The van der Waals surface area contributed by atoms with Gasteiger partial charge in [-0.15, -0.1) is 0 Å². The van der Waals surface area contributed by atoms with Crippen molar-refractivity contribution in [2.24, 2.45) is 17.0 Å². The van der Waals surface area contributed by atoms with Crippen molar-refractivity contribution in [3.63, 3.8) is 0 Å². The predicted octanol–water partition coefficient (Wildman–Crippen LogP) is 3.03. The zero-order valence-electron chi connectivity index (χ0n) is 9.43. The van der Waals surface area contributed by atoms with Crippen LogP contribution in [0.1, 0.15) is 24.8 Å². The van der Waals surface area contributed by atoms with Crippen LogP contribution in [0.25, 0.3) is 0 Å². The van der Waals surface area contributed by atoms with Gasteiger partial charge in [0.25, 0.3) is 0 Å². The molecule has 1 saturated carbocycles. The van der Waals surface area contributed by atoms with Gasteiger partial charge >= 0.3 is 0 Å². The summed E-state index contributed by atoms with van der Waals surface area (Å²) in [7, 11) is 0. The molecule has 0 saturated heterocycles. The van der Waals surface area contributed by atoms with Gasteiger partial charge in [-0.05, 0) is 31.2 Å². The summed E-state index contributed by atoms with van der Waals surface area (Å²) < 4.78 is 0. The van der Waals surface area contributed by atoms with Gasteiger partial charge in [0.05, 0.1) is 5.71 Å². The molecule has 3 rings (SSSR count). The van der Waals surface area contributed by atoms with Crippen LogP contribution in [0.2, 0.25) is 0 Å². The smallest absolute Gasteiger partial charge is 0.125 e. The Morgan fingerprint density at radius 1 is 1.19 bits per heavy atom. The highest BCUT2D eigenvalue weighted by molar-refractivity contribution is 5.91. The number of benzene rings is 1. The second-order valence-corrected chi connectivity index (χ2v) is 4.81. The van der Waals surface area contributed by atoms with Crippen LogP contribution in [-0.2, 0) is 11.3 Å². The van der Waals surface area contributed by atoms with Crippen molar-refractivity contribution in [2.45, 2.75) is 25.7 Å². The number of nitrogens with zero attached hydrogens (tertiary/aromatic N) is 1. The Balaban J connectivity index is 1.60. The molecule has 2 aliphatic rings. The Bertz CT molecular complexity index is 385. The van der Waals surface area contributed by atoms with Crippen molar-refractivity contribution >= 4 is 5.71 Å². The first-order valence-electron chi connectivity index (χ1n) is 6.17. The third-order valence-corrected chi connectivity index (χ3v) is 3.77. The van der Waals surface area contributed by atoms with Gasteiger partial charge in [0.2, 0.25) is 0 Å². The molecule has 0 amide bonds. The van der Waals surface area contributed by atoms with E-state index < -0.39 is 0 Å². The summed E-state index contributed by atoms with van der Waals surface area (Å²) in [5.74, 6) is 1.31. The van der Waals surface area contributed by atoms with Crippen molar-refractivity contribution in [1.82, 2.24) is 0 Å². The van der Waals surface area contributed by atoms with Crippen LogP contribution in [0.4, 0.5) is 0 Å². The van der Waals surface area contributed by atoms with Crippen LogP contribution in [0.15, 0.2) is 35.5 Å². The SMILES string of the molecule is c1ccc(CC[C@@H]2CC[C@@H]3CON=C23)cc1. The topological polar surface area (TPSA) is 21.6 Å². The van der Waals surface area contributed by atoms with Gasteiger partial charge in [0, 0.05) is 11.8 Å². The van der Waals surface area contributed by atoms with Gasteiger partial charge in [-0.3, -0.25) is 0 Å². The zero-order chi connectivity index (χ0) is 10.8. The number of hydrogen-bond acceptors (Lipinski definition) is 2. The Kier molecular flexibility index (Phi) is 2.65. The standard InChI is InChI=1S/C14H17NO/c1-2-4-11(5-3-1)6-7-12-8-9-13-10-16-15-14(12)13/h1-5,12-13H,6-10H2/t12-,13-/m1/s1. The summed E-state index contributed by atoms with van der Waals surface area (Å²) in [5, 5.41) is 4.21. The fraction of sp³-hybridized carbons (Fsp3) is 0.500. The van der Waals surface area contributed by atoms with E-state index in [1.165, 1.54) is 30.5 Å². The highest BCUT2D eigenvalue weighted by Crippen LogP contribution is 2.34. The maximum atomic E-state index is 5.18. The van der Waals surface area contributed by atoms with Crippen molar-refractivity contribution in [3.05, 3.63) is 35.9 Å². The van der Waals surface area contributed by atoms with Crippen molar-refractivity contribution < 1.29 is 4.84 Å². The van der Waals surface area contributed by atoms with E-state index in [1.807, 2.05) is 0 Å². The first kappa shape index (κ1) is 9.88. The number of rotatable bonds is 3. The van der Waals surface area contributed by atoms with Crippen LogP contribution in [0.5, 0.6) is 0 Å². The molecule has 2 nitrogen and oxygen atoms in total. The van der Waals surface area contributed by atoms with Gasteiger partial charge in [-0.25, -0.2) is 0 Å². The molecule has 1 aliphatic carbocycles. The minimum Gasteiger partial charge on any atom is -0.395 e. The molecular weight excluding hydrogens is 198 g/mol. The molecule has 2 heteroatoms. The van der Waals surface area contributed by atoms with Gasteiger partial charge in [0.1, 0.15) is 6.61 Å². The molecule has 84 valence electrons. The molecule has 0 bridgehead atoms. The summed E-state index contributed by atoms with van der Waals surface area (Å²) in [4.78, 5) is 5.18. The molecular formula is C14H17NO. The van der Waals surface area contributed by atoms with Crippen molar-refractivity contribution in [3.8, 4) is 0 Å². The van der Waals surface area contributed by atoms with E-state index in [9.17, 15) is 0 Å². The van der Waals surface area contributed by atoms with Gasteiger partial charge in [0.15, 0.2) is 0 Å².